The molecule has 0 spiro atoms. The van der Waals surface area contributed by atoms with E-state index in [9.17, 15) is 9.90 Å². The molecule has 0 aliphatic carbocycles. The van der Waals surface area contributed by atoms with Crippen LogP contribution in [0, 0.1) is 5.92 Å². The second-order valence-corrected chi connectivity index (χ2v) is 6.58. The Bertz CT molecular complexity index is 245. The van der Waals surface area contributed by atoms with Crippen LogP contribution in [-0.4, -0.2) is 34.3 Å². The number of aliphatic hydroxyl groups is 1. The van der Waals surface area contributed by atoms with Crippen molar-refractivity contribution in [1.29, 1.82) is 0 Å². The number of carbonyl (C=O) groups excluding carboxylic acids is 1. The van der Waals surface area contributed by atoms with Crippen LogP contribution in [0.5, 0.6) is 0 Å². The van der Waals surface area contributed by atoms with Crippen LogP contribution >= 0.6 is 11.8 Å². The van der Waals surface area contributed by atoms with Crippen molar-refractivity contribution in [2.24, 2.45) is 5.92 Å². The summed E-state index contributed by atoms with van der Waals surface area (Å²) >= 11 is 1.24. The van der Waals surface area contributed by atoms with Gasteiger partial charge in [0.05, 0.1) is 12.0 Å². The van der Waals surface area contributed by atoms with Crippen molar-refractivity contribution < 1.29 is 14.6 Å². The minimum Gasteiger partial charge on any atom is -0.389 e. The molecule has 1 N–H and O–H groups in total. The lowest BCUT2D eigenvalue weighted by molar-refractivity contribution is -0.119. The van der Waals surface area contributed by atoms with Gasteiger partial charge in [-0.1, -0.05) is 45.5 Å². The molecule has 0 amide bonds. The molecule has 0 aromatic carbocycles. The molecule has 0 fully saturated rings. The summed E-state index contributed by atoms with van der Waals surface area (Å²) in [4.78, 5) is 11.8. The zero-order chi connectivity index (χ0) is 12.9. The summed E-state index contributed by atoms with van der Waals surface area (Å²) in [6, 6.07) is 0. The van der Waals surface area contributed by atoms with Crippen molar-refractivity contribution in [2.45, 2.75) is 44.6 Å². The summed E-state index contributed by atoms with van der Waals surface area (Å²) in [6.07, 6.45) is 0.167. The first kappa shape index (κ1) is 15.7. The van der Waals surface area contributed by atoms with Gasteiger partial charge in [-0.15, -0.1) is 6.58 Å². The quantitative estimate of drug-likeness (QED) is 0.756. The molecule has 4 heteroatoms. The van der Waals surface area contributed by atoms with Gasteiger partial charge in [-0.3, -0.25) is 4.79 Å². The van der Waals surface area contributed by atoms with Crippen molar-refractivity contribution >= 4 is 16.9 Å². The van der Waals surface area contributed by atoms with Gasteiger partial charge in [0.25, 0.3) is 0 Å². The van der Waals surface area contributed by atoms with Gasteiger partial charge in [0, 0.05) is 11.9 Å². The van der Waals surface area contributed by atoms with Crippen molar-refractivity contribution in [3.63, 3.8) is 0 Å². The number of aliphatic hydroxyl groups excluding tert-OH is 1. The van der Waals surface area contributed by atoms with Gasteiger partial charge in [-0.25, -0.2) is 0 Å². The van der Waals surface area contributed by atoms with Gasteiger partial charge in [-0.2, -0.15) is 0 Å². The number of hydrogen-bond acceptors (Lipinski definition) is 4. The summed E-state index contributed by atoms with van der Waals surface area (Å²) < 4.78 is 4.90. The molecule has 0 saturated carbocycles. The number of thioether (sulfide) groups is 1. The van der Waals surface area contributed by atoms with Crippen LogP contribution in [-0.2, 0) is 9.53 Å². The van der Waals surface area contributed by atoms with E-state index in [2.05, 4.69) is 6.58 Å². The Kier molecular flexibility index (Phi) is 6.30. The van der Waals surface area contributed by atoms with Crippen LogP contribution in [0.25, 0.3) is 0 Å². The highest BCUT2D eigenvalue weighted by molar-refractivity contribution is 8.14. The summed E-state index contributed by atoms with van der Waals surface area (Å²) in [6.45, 7) is 11.2. The first-order valence-electron chi connectivity index (χ1n) is 5.29. The molecular weight excluding hydrogens is 224 g/mol. The maximum absolute atomic E-state index is 11.8. The van der Waals surface area contributed by atoms with Crippen molar-refractivity contribution in [3.05, 3.63) is 12.7 Å². The molecule has 0 aromatic rings. The molecule has 0 aromatic heterocycles. The van der Waals surface area contributed by atoms with Gasteiger partial charge >= 0.3 is 0 Å². The van der Waals surface area contributed by atoms with Gasteiger partial charge < -0.3 is 9.84 Å². The molecule has 0 saturated heterocycles. The Morgan fingerprint density at radius 2 is 2.00 bits per heavy atom. The second kappa shape index (κ2) is 6.42. The van der Waals surface area contributed by atoms with Crippen LogP contribution < -0.4 is 0 Å². The third-order valence-corrected chi connectivity index (χ3v) is 3.32. The van der Waals surface area contributed by atoms with E-state index in [1.54, 1.807) is 6.92 Å². The van der Waals surface area contributed by atoms with E-state index in [-0.39, 0.29) is 9.86 Å². The Balaban J connectivity index is 4.48. The van der Waals surface area contributed by atoms with E-state index in [0.29, 0.717) is 0 Å². The van der Waals surface area contributed by atoms with Gasteiger partial charge in [0.1, 0.15) is 6.10 Å². The standard InChI is InChI=1S/C12H22O3S/c1-7-9(15-6)10(13)8(2)11(14)16-12(3,4)5/h7-10,13H,1H2,2-6H3/t8-,9-,10-/m0/s1. The van der Waals surface area contributed by atoms with E-state index < -0.39 is 18.1 Å². The Labute approximate surface area is 102 Å². The van der Waals surface area contributed by atoms with Crippen LogP contribution in [0.2, 0.25) is 0 Å². The third kappa shape index (κ3) is 5.14. The Morgan fingerprint density at radius 3 is 2.31 bits per heavy atom. The molecule has 3 atom stereocenters. The van der Waals surface area contributed by atoms with E-state index in [1.807, 2.05) is 20.8 Å². The number of hydrogen-bond donors (Lipinski definition) is 1. The average molecular weight is 246 g/mol. The van der Waals surface area contributed by atoms with Gasteiger partial charge in [-0.05, 0) is 0 Å². The van der Waals surface area contributed by atoms with Gasteiger partial charge in [0.2, 0.25) is 0 Å². The number of methoxy groups -OCH3 is 1. The second-order valence-electron chi connectivity index (χ2n) is 4.75. The molecule has 3 nitrogen and oxygen atoms in total. The van der Waals surface area contributed by atoms with Crippen molar-refractivity contribution in [2.75, 3.05) is 7.11 Å². The molecule has 0 heterocycles. The minimum absolute atomic E-state index is 0.0242. The number of rotatable bonds is 5. The van der Waals surface area contributed by atoms with Crippen molar-refractivity contribution in [3.8, 4) is 0 Å². The fraction of sp³-hybridized carbons (Fsp3) is 0.750. The predicted molar refractivity (Wildman–Crippen MR) is 68.5 cm³/mol. The van der Waals surface area contributed by atoms with Gasteiger partial charge in [0.15, 0.2) is 5.12 Å². The van der Waals surface area contributed by atoms with Crippen molar-refractivity contribution in [1.82, 2.24) is 0 Å². The molecule has 0 rings (SSSR count). The van der Waals surface area contributed by atoms with E-state index in [0.717, 1.165) is 0 Å². The van der Waals surface area contributed by atoms with Crippen LogP contribution in [0.3, 0.4) is 0 Å². The molecule has 0 radical (unpaired) electrons. The maximum atomic E-state index is 11.8. The molecule has 94 valence electrons. The Hall–Kier alpha value is -0.320. The fourth-order valence-corrected chi connectivity index (χ4v) is 2.12. The highest BCUT2D eigenvalue weighted by Crippen LogP contribution is 2.28. The normalized spacial score (nSPS) is 17.6. The van der Waals surface area contributed by atoms with E-state index in [1.165, 1.54) is 24.9 Å². The molecule has 0 aliphatic heterocycles. The third-order valence-electron chi connectivity index (χ3n) is 2.13. The number of ether oxygens (including phenoxy) is 1. The summed E-state index contributed by atoms with van der Waals surface area (Å²) in [7, 11) is 1.49. The fourth-order valence-electron chi connectivity index (χ4n) is 1.19. The topological polar surface area (TPSA) is 46.5 Å². The SMILES string of the molecule is C=C[C@H](OC)[C@@H](O)[C@H](C)C(=O)SC(C)(C)C. The highest BCUT2D eigenvalue weighted by atomic mass is 32.2. The number of carbonyl (C=O) groups is 1. The molecule has 0 bridgehead atoms. The molecular formula is C12H22O3S. The molecule has 16 heavy (non-hydrogen) atoms. The average Bonchev–Trinajstić information content (AvgIpc) is 2.15. The first-order valence-corrected chi connectivity index (χ1v) is 6.11. The maximum Gasteiger partial charge on any atom is 0.194 e. The summed E-state index contributed by atoms with van der Waals surface area (Å²) in [5.74, 6) is -0.466. The van der Waals surface area contributed by atoms with E-state index >= 15 is 0 Å². The molecule has 0 unspecified atom stereocenters. The first-order chi connectivity index (χ1) is 7.22. The monoisotopic (exact) mass is 246 g/mol. The van der Waals surface area contributed by atoms with Crippen LogP contribution in [0.15, 0.2) is 12.7 Å². The zero-order valence-corrected chi connectivity index (χ0v) is 11.5. The highest BCUT2D eigenvalue weighted by Gasteiger charge is 2.30. The molecule has 0 aliphatic rings. The van der Waals surface area contributed by atoms with Crippen LogP contribution in [0.1, 0.15) is 27.7 Å². The lowest BCUT2D eigenvalue weighted by atomic mass is 10.0. The lowest BCUT2D eigenvalue weighted by Gasteiger charge is -2.25. The predicted octanol–water partition coefficient (Wildman–Crippen LogP) is 2.24. The van der Waals surface area contributed by atoms with Crippen LogP contribution in [0.4, 0.5) is 0 Å². The summed E-state index contributed by atoms with van der Waals surface area (Å²) in [5.41, 5.74) is 0. The lowest BCUT2D eigenvalue weighted by Crippen LogP contribution is -2.36. The largest absolute Gasteiger partial charge is 0.389 e. The zero-order valence-electron chi connectivity index (χ0n) is 10.7. The smallest absolute Gasteiger partial charge is 0.194 e. The Morgan fingerprint density at radius 1 is 1.50 bits per heavy atom. The summed E-state index contributed by atoms with van der Waals surface area (Å²) in [5, 5.41) is 9.89. The minimum atomic E-state index is -0.843. The van der Waals surface area contributed by atoms with E-state index in [4.69, 9.17) is 4.74 Å².